The van der Waals surface area contributed by atoms with Gasteiger partial charge in [-0.3, -0.25) is 18.6 Å². The van der Waals surface area contributed by atoms with Crippen LogP contribution in [0.2, 0.25) is 0 Å². The second kappa shape index (κ2) is 34.5. The van der Waals surface area contributed by atoms with Crippen molar-refractivity contribution < 1.29 is 57.4 Å². The number of hydrogen-bond donors (Lipinski definition) is 4. The fraction of sp³-hybridized carbons (Fsp3) is 0.667. The molecule has 4 N–H and O–H groups in total. The van der Waals surface area contributed by atoms with Gasteiger partial charge in [-0.25, -0.2) is 4.57 Å². The van der Waals surface area contributed by atoms with Crippen LogP contribution in [0.4, 0.5) is 0 Å². The number of carbonyl (C=O) groups excluding carboxylic acids is 2. The molecule has 61 heavy (non-hydrogen) atoms. The van der Waals surface area contributed by atoms with Crippen LogP contribution in [0.5, 0.6) is 0 Å². The van der Waals surface area contributed by atoms with Gasteiger partial charge >= 0.3 is 19.8 Å². The van der Waals surface area contributed by atoms with Gasteiger partial charge in [-0.15, -0.1) is 0 Å². The lowest BCUT2D eigenvalue weighted by atomic mass is 9.89. The first-order valence-electron chi connectivity index (χ1n) is 22.6. The third-order valence-corrected chi connectivity index (χ3v) is 11.0. The van der Waals surface area contributed by atoms with Crippen LogP contribution in [0.3, 0.4) is 0 Å². The molecule has 1 rings (SSSR count). The van der Waals surface area contributed by atoms with Gasteiger partial charge in [-0.05, 0) is 76.5 Å². The lowest BCUT2D eigenvalue weighted by molar-refractivity contribution is -0.870. The Morgan fingerprint density at radius 3 is 1.90 bits per heavy atom. The topological polar surface area (TPSA) is 169 Å². The molecule has 7 atom stereocenters. The van der Waals surface area contributed by atoms with E-state index in [1.165, 1.54) is 0 Å². The monoisotopic (exact) mass is 879 g/mol. The van der Waals surface area contributed by atoms with Crippen LogP contribution in [0.1, 0.15) is 123 Å². The third-order valence-electron chi connectivity index (χ3n) is 9.98. The lowest BCUT2D eigenvalue weighted by Crippen LogP contribution is -2.37. The number of aliphatic hydroxyl groups is 3. The van der Waals surface area contributed by atoms with Crippen LogP contribution < -0.4 is 0 Å². The summed E-state index contributed by atoms with van der Waals surface area (Å²) in [4.78, 5) is 35.6. The van der Waals surface area contributed by atoms with Crippen molar-refractivity contribution >= 4 is 19.8 Å². The molecule has 0 aromatic carbocycles. The smallest absolute Gasteiger partial charge is 0.462 e. The van der Waals surface area contributed by atoms with Crippen molar-refractivity contribution in [1.29, 1.82) is 0 Å². The van der Waals surface area contributed by atoms with Crippen LogP contribution in [0.25, 0.3) is 0 Å². The van der Waals surface area contributed by atoms with Crippen molar-refractivity contribution in [3.8, 4) is 0 Å². The number of likely N-dealkylation sites (N-methyl/N-ethyl adjacent to an activating group) is 1. The number of phosphoric acid groups is 1. The summed E-state index contributed by atoms with van der Waals surface area (Å²) in [5, 5.41) is 31.4. The SMILES string of the molecule is CC/C=C\C/C=C\C/C=C\C/C=C\C/C=C\CCCC(=O)O[C@H](COC(=O)CCC/C=C/C[C@@H]1[C@@H](/C=C/[C@@H](O)CCCCC)[C@H](O)C[C@@H]1O)COP(=O)(O)OCC[N+](C)(C)C. The number of allylic oxidation sites excluding steroid dienone is 12. The zero-order valence-electron chi connectivity index (χ0n) is 37.9. The highest BCUT2D eigenvalue weighted by Gasteiger charge is 2.39. The summed E-state index contributed by atoms with van der Waals surface area (Å²) in [6.07, 6.45) is 37.4. The minimum atomic E-state index is -4.46. The molecule has 13 heteroatoms. The fourth-order valence-electron chi connectivity index (χ4n) is 6.39. The Bertz CT molecular complexity index is 1430. The standard InChI is InChI=1S/C48H80NO11P/c1-6-8-10-11-12-13-14-15-16-17-18-19-20-21-22-23-29-33-48(54)60-42(40-59-61(55,56)58-37-36-49(3,4)5)39-57-47(53)32-28-25-24-27-31-43-44(46(52)38-45(43)51)35-34-41(50)30-26-9-7-2/h8,10,12-13,15-16,18-19,21-22,24,27,34-35,41-46,50-52H,6-7,9,11,14,17,20,23,25-26,28-33,36-40H2,1-5H3/p+1/b10-8-,13-12-,16-15-,19-18-,22-21-,27-24+,35-34+/t41-,42+,43+,44+,45-,46+/m0/s1. The van der Waals surface area contributed by atoms with E-state index in [0.29, 0.717) is 49.6 Å². The lowest BCUT2D eigenvalue weighted by Gasteiger charge is -2.24. The Balaban J connectivity index is 2.55. The average Bonchev–Trinajstić information content (AvgIpc) is 3.47. The van der Waals surface area contributed by atoms with Crippen LogP contribution in [-0.2, 0) is 32.7 Å². The van der Waals surface area contributed by atoms with E-state index in [4.69, 9.17) is 18.5 Å². The molecule has 0 aliphatic heterocycles. The van der Waals surface area contributed by atoms with Crippen molar-refractivity contribution in [2.45, 2.75) is 147 Å². The number of phosphoric ester groups is 1. The van der Waals surface area contributed by atoms with Crippen molar-refractivity contribution in [3.63, 3.8) is 0 Å². The highest BCUT2D eigenvalue weighted by atomic mass is 31.2. The predicted molar refractivity (Wildman–Crippen MR) is 244 cm³/mol. The van der Waals surface area contributed by atoms with E-state index in [2.05, 4.69) is 62.5 Å². The Hall–Kier alpha value is -2.93. The molecule has 1 fully saturated rings. The Labute approximate surface area is 368 Å². The van der Waals surface area contributed by atoms with Crippen molar-refractivity contribution in [3.05, 3.63) is 85.1 Å². The summed E-state index contributed by atoms with van der Waals surface area (Å²) in [5.74, 6) is -1.48. The number of nitrogens with zero attached hydrogens (tertiary/aromatic N) is 1. The molecule has 1 unspecified atom stereocenters. The van der Waals surface area contributed by atoms with E-state index in [1.54, 1.807) is 6.08 Å². The Morgan fingerprint density at radius 1 is 0.738 bits per heavy atom. The van der Waals surface area contributed by atoms with Crippen LogP contribution in [0.15, 0.2) is 85.1 Å². The van der Waals surface area contributed by atoms with Gasteiger partial charge in [-0.2, -0.15) is 0 Å². The Kier molecular flexibility index (Phi) is 31.8. The van der Waals surface area contributed by atoms with Crippen molar-refractivity contribution in [2.24, 2.45) is 11.8 Å². The molecule has 1 aliphatic rings. The minimum absolute atomic E-state index is 0.0227. The maximum Gasteiger partial charge on any atom is 0.472 e. The molecule has 0 aromatic rings. The summed E-state index contributed by atoms with van der Waals surface area (Å²) in [7, 11) is 1.29. The molecule has 0 bridgehead atoms. The van der Waals surface area contributed by atoms with Crippen molar-refractivity contribution in [1.82, 2.24) is 0 Å². The molecular weight excluding hydrogens is 797 g/mol. The summed E-state index contributed by atoms with van der Waals surface area (Å²) in [6, 6.07) is 0. The maximum atomic E-state index is 12.7. The summed E-state index contributed by atoms with van der Waals surface area (Å²) < 4.78 is 34.2. The number of rotatable bonds is 35. The van der Waals surface area contributed by atoms with Gasteiger partial charge in [0.2, 0.25) is 0 Å². The molecule has 0 aromatic heterocycles. The first-order valence-corrected chi connectivity index (χ1v) is 24.1. The molecule has 0 saturated heterocycles. The first-order chi connectivity index (χ1) is 29.2. The van der Waals surface area contributed by atoms with E-state index in [9.17, 15) is 34.4 Å². The van der Waals surface area contributed by atoms with Gasteiger partial charge in [0.25, 0.3) is 0 Å². The first kappa shape index (κ1) is 56.1. The molecule has 0 amide bonds. The highest BCUT2D eigenvalue weighted by Crippen LogP contribution is 2.43. The summed E-state index contributed by atoms with van der Waals surface area (Å²) in [5.41, 5.74) is 0. The van der Waals surface area contributed by atoms with E-state index in [-0.39, 0.29) is 44.3 Å². The average molecular weight is 879 g/mol. The van der Waals surface area contributed by atoms with Gasteiger partial charge in [0.15, 0.2) is 6.10 Å². The molecule has 0 radical (unpaired) electrons. The molecule has 12 nitrogen and oxygen atoms in total. The van der Waals surface area contributed by atoms with Gasteiger partial charge in [0, 0.05) is 25.2 Å². The zero-order chi connectivity index (χ0) is 45.2. The van der Waals surface area contributed by atoms with Crippen molar-refractivity contribution in [2.75, 3.05) is 47.5 Å². The third kappa shape index (κ3) is 31.5. The molecule has 1 saturated carbocycles. The number of quaternary nitrogens is 1. The molecule has 348 valence electrons. The second-order valence-electron chi connectivity index (χ2n) is 16.7. The maximum absolute atomic E-state index is 12.7. The zero-order valence-corrected chi connectivity index (χ0v) is 38.8. The van der Waals surface area contributed by atoms with E-state index >= 15 is 0 Å². The quantitative estimate of drug-likeness (QED) is 0.0158. The summed E-state index contributed by atoms with van der Waals surface area (Å²) >= 11 is 0. The largest absolute Gasteiger partial charge is 0.472 e. The number of unbranched alkanes of at least 4 members (excludes halogenated alkanes) is 4. The number of ether oxygens (including phenoxy) is 2. The van der Waals surface area contributed by atoms with E-state index in [1.807, 2.05) is 51.5 Å². The number of hydrogen-bond acceptors (Lipinski definition) is 10. The number of carbonyl (C=O) groups is 2. The van der Waals surface area contributed by atoms with E-state index < -0.39 is 50.8 Å². The second-order valence-corrected chi connectivity index (χ2v) is 18.1. The Morgan fingerprint density at radius 2 is 1.31 bits per heavy atom. The normalized spacial score (nSPS) is 21.0. The van der Waals surface area contributed by atoms with Gasteiger partial charge in [0.1, 0.15) is 19.8 Å². The van der Waals surface area contributed by atoms with Crippen LogP contribution in [0, 0.1) is 11.8 Å². The fourth-order valence-corrected chi connectivity index (χ4v) is 7.14. The van der Waals surface area contributed by atoms with Gasteiger partial charge < -0.3 is 34.2 Å². The highest BCUT2D eigenvalue weighted by molar-refractivity contribution is 7.47. The minimum Gasteiger partial charge on any atom is -0.462 e. The number of esters is 2. The molecule has 0 heterocycles. The van der Waals surface area contributed by atoms with Gasteiger partial charge in [-0.1, -0.05) is 118 Å². The van der Waals surface area contributed by atoms with Crippen LogP contribution in [-0.4, -0.2) is 109 Å². The molecule has 0 spiro atoms. The number of aliphatic hydroxyl groups excluding tert-OH is 3. The summed E-state index contributed by atoms with van der Waals surface area (Å²) in [6.45, 7) is 3.83. The van der Waals surface area contributed by atoms with Crippen LogP contribution >= 0.6 is 7.82 Å². The van der Waals surface area contributed by atoms with E-state index in [0.717, 1.165) is 51.4 Å². The molecule has 1 aliphatic carbocycles. The van der Waals surface area contributed by atoms with Gasteiger partial charge in [0.05, 0.1) is 46.1 Å². The molecular formula is C48H81NO11P+. The predicted octanol–water partition coefficient (Wildman–Crippen LogP) is 9.17.